The van der Waals surface area contributed by atoms with E-state index in [1.807, 2.05) is 102 Å². The van der Waals surface area contributed by atoms with Crippen LogP contribution < -0.4 is 0 Å². The maximum atomic E-state index is 8.93. The molecule has 7 aromatic heterocycles. The summed E-state index contributed by atoms with van der Waals surface area (Å²) in [6, 6.07) is 0. The minimum Gasteiger partial charge on any atom is -0.392 e. The van der Waals surface area contributed by atoms with E-state index in [0.29, 0.717) is 47.1 Å². The van der Waals surface area contributed by atoms with Crippen LogP contribution in [-0.2, 0) is 48.5 Å². The van der Waals surface area contributed by atoms with Gasteiger partial charge >= 0.3 is 0 Å². The Kier molecular flexibility index (Phi) is 26.9. The highest BCUT2D eigenvalue weighted by Gasteiger charge is 2.15. The van der Waals surface area contributed by atoms with E-state index in [0.717, 1.165) is 56.9 Å². The summed E-state index contributed by atoms with van der Waals surface area (Å²) in [5.74, 6) is 5.26. The summed E-state index contributed by atoms with van der Waals surface area (Å²) in [6.45, 7) is 43.6. The predicted octanol–water partition coefficient (Wildman–Crippen LogP) is 10.0. The summed E-state index contributed by atoms with van der Waals surface area (Å²) in [5, 5.41) is 60.8. The second kappa shape index (κ2) is 30.2. The fourth-order valence-corrected chi connectivity index (χ4v) is 8.99. The SMILES string of the molecule is CC(C)c1c(CO)cnn1C.CC(C)c1c(CO)nnn1C.Cc1nnn(C)c1C(C)C.Cc1nnn(C)c1C(C)C.Cc1nnn(C)c1C(C)C.Cc1noc(C)c1C(C)C.Cc1noc(C)c1C(C)C. The van der Waals surface area contributed by atoms with Gasteiger partial charge in [-0.15, -0.1) is 20.4 Å². The van der Waals surface area contributed by atoms with Gasteiger partial charge in [0.2, 0.25) is 0 Å². The maximum Gasteiger partial charge on any atom is 0.137 e. The van der Waals surface area contributed by atoms with Crippen LogP contribution in [0.1, 0.15) is 229 Å². The first-order valence-electron chi connectivity index (χ1n) is 25.0. The van der Waals surface area contributed by atoms with Gasteiger partial charge in [0.25, 0.3) is 0 Å². The van der Waals surface area contributed by atoms with Crippen molar-refractivity contribution in [2.75, 3.05) is 0 Å². The van der Waals surface area contributed by atoms with Crippen molar-refractivity contribution in [3.05, 3.63) is 97.0 Å². The lowest BCUT2D eigenvalue weighted by molar-refractivity contribution is 0.275. The molecular weight excluding hydrogens is 913 g/mol. The van der Waals surface area contributed by atoms with Gasteiger partial charge in [-0.25, -0.2) is 0 Å². The molecule has 7 aromatic rings. The summed E-state index contributed by atoms with van der Waals surface area (Å²) in [7, 11) is 9.51. The molecule has 0 atom stereocenters. The van der Waals surface area contributed by atoms with E-state index in [2.05, 4.69) is 154 Å². The van der Waals surface area contributed by atoms with Crippen molar-refractivity contribution in [3.8, 4) is 0 Å². The first-order valence-corrected chi connectivity index (χ1v) is 25.0. The molecule has 20 nitrogen and oxygen atoms in total. The summed E-state index contributed by atoms with van der Waals surface area (Å²) >= 11 is 0. The third kappa shape index (κ3) is 18.6. The fraction of sp³-hybridized carbons (Fsp3) is 0.673. The topological polar surface area (TPSA) is 233 Å². The molecule has 0 spiro atoms. The van der Waals surface area contributed by atoms with Gasteiger partial charge in [0.1, 0.15) is 17.2 Å². The van der Waals surface area contributed by atoms with Crippen molar-refractivity contribution >= 4 is 0 Å². The Labute approximate surface area is 430 Å². The third-order valence-electron chi connectivity index (χ3n) is 11.5. The smallest absolute Gasteiger partial charge is 0.137 e. The molecule has 0 aromatic carbocycles. The zero-order valence-corrected chi connectivity index (χ0v) is 48.9. The van der Waals surface area contributed by atoms with Gasteiger partial charge < -0.3 is 19.3 Å². The Morgan fingerprint density at radius 3 is 0.861 bits per heavy atom. The summed E-state index contributed by atoms with van der Waals surface area (Å²) in [6.07, 6.45) is 1.72. The van der Waals surface area contributed by atoms with Gasteiger partial charge in [-0.05, 0) is 89.9 Å². The molecule has 0 amide bonds. The van der Waals surface area contributed by atoms with Gasteiger partial charge in [-0.3, -0.25) is 23.4 Å². The van der Waals surface area contributed by atoms with E-state index >= 15 is 0 Å². The molecule has 2 N–H and O–H groups in total. The van der Waals surface area contributed by atoms with E-state index in [4.69, 9.17) is 19.3 Å². The van der Waals surface area contributed by atoms with Crippen LogP contribution in [0.15, 0.2) is 15.2 Å². The van der Waals surface area contributed by atoms with Crippen LogP contribution in [0.3, 0.4) is 0 Å². The highest BCUT2D eigenvalue weighted by molar-refractivity contribution is 5.25. The molecule has 0 fully saturated rings. The molecule has 0 bridgehead atoms. The standard InChI is InChI=1S/C8H14N2O.2C8H13NO.C7H13N3O.3C7H13N3/c1-6(2)8-7(5-11)4-9-10(8)3;2*1-5(2)8-6(3)9-10-7(8)4;1-5(2)7-6(4-11)8-9-10(7)3;3*1-5(2)7-6(3)8-9-10(7)4/h4,6,11H,5H2,1-3H3;2*5H,1-4H3;5,11H,4H2,1-3H3;3*5H,1-4H3. The second-order valence-corrected chi connectivity index (χ2v) is 20.1. The van der Waals surface area contributed by atoms with Gasteiger partial charge in [0.05, 0.1) is 70.7 Å². The molecule has 0 saturated carbocycles. The molecule has 7 rings (SSSR count). The van der Waals surface area contributed by atoms with Crippen LogP contribution in [0.5, 0.6) is 0 Å². The molecule has 0 radical (unpaired) electrons. The average Bonchev–Trinajstić information content (AvgIpc) is 4.17. The molecule has 0 saturated heterocycles. The third-order valence-corrected chi connectivity index (χ3v) is 11.5. The van der Waals surface area contributed by atoms with E-state index in [1.165, 1.54) is 28.2 Å². The molecule has 0 aliphatic heterocycles. The number of nitrogens with zero attached hydrogens (tertiary/aromatic N) is 16. The zero-order valence-electron chi connectivity index (χ0n) is 48.9. The van der Waals surface area contributed by atoms with Crippen LogP contribution in [0.25, 0.3) is 0 Å². The first-order chi connectivity index (χ1) is 33.5. The summed E-state index contributed by atoms with van der Waals surface area (Å²) in [5.41, 5.74) is 15.1. The minimum atomic E-state index is -0.0264. The number of hydrogen-bond donors (Lipinski definition) is 2. The van der Waals surface area contributed by atoms with Crippen molar-refractivity contribution in [2.24, 2.45) is 35.2 Å². The van der Waals surface area contributed by atoms with Crippen LogP contribution in [0.4, 0.5) is 0 Å². The number of hydrogen-bond acceptors (Lipinski definition) is 15. The van der Waals surface area contributed by atoms with Gasteiger partial charge in [0.15, 0.2) is 0 Å². The summed E-state index contributed by atoms with van der Waals surface area (Å²) in [4.78, 5) is 0. The van der Waals surface area contributed by atoms with E-state index in [9.17, 15) is 0 Å². The maximum absolute atomic E-state index is 8.93. The number of rotatable bonds is 9. The van der Waals surface area contributed by atoms with Crippen LogP contribution in [0, 0.1) is 48.5 Å². The molecule has 404 valence electrons. The van der Waals surface area contributed by atoms with E-state index in [-0.39, 0.29) is 13.2 Å². The van der Waals surface area contributed by atoms with E-state index in [1.54, 1.807) is 10.9 Å². The predicted molar refractivity (Wildman–Crippen MR) is 284 cm³/mol. The normalized spacial score (nSPS) is 10.9. The quantitative estimate of drug-likeness (QED) is 0.137. The highest BCUT2D eigenvalue weighted by Crippen LogP contribution is 2.23. The van der Waals surface area contributed by atoms with Crippen molar-refractivity contribution < 1.29 is 19.3 Å². The average molecular weight is 1010 g/mol. The van der Waals surface area contributed by atoms with Crippen molar-refractivity contribution in [1.29, 1.82) is 0 Å². The molecule has 0 aliphatic carbocycles. The lowest BCUT2D eigenvalue weighted by atomic mass is 10.0. The van der Waals surface area contributed by atoms with Crippen LogP contribution in [-0.4, -0.2) is 90.3 Å². The Morgan fingerprint density at radius 1 is 0.389 bits per heavy atom. The molecular formula is C52H92N16O4. The van der Waals surface area contributed by atoms with Crippen LogP contribution in [0.2, 0.25) is 0 Å². The second-order valence-electron chi connectivity index (χ2n) is 20.1. The van der Waals surface area contributed by atoms with Crippen LogP contribution >= 0.6 is 0 Å². The lowest BCUT2D eigenvalue weighted by Gasteiger charge is -2.07. The fourth-order valence-electron chi connectivity index (χ4n) is 8.99. The summed E-state index contributed by atoms with van der Waals surface area (Å²) < 4.78 is 19.0. The Balaban J connectivity index is 0.000000420. The Bertz CT molecular complexity index is 2170. The largest absolute Gasteiger partial charge is 0.392 e. The molecule has 0 aliphatic rings. The molecule has 7 heterocycles. The Hall–Kier alpha value is -5.89. The Morgan fingerprint density at radius 2 is 0.694 bits per heavy atom. The van der Waals surface area contributed by atoms with Gasteiger partial charge in [-0.1, -0.05) is 128 Å². The molecule has 72 heavy (non-hydrogen) atoms. The highest BCUT2D eigenvalue weighted by atomic mass is 16.5. The van der Waals surface area contributed by atoms with E-state index < -0.39 is 0 Å². The van der Waals surface area contributed by atoms with Gasteiger partial charge in [0, 0.05) is 57.6 Å². The molecule has 0 unspecified atom stereocenters. The number of aliphatic hydroxyl groups excluding tert-OH is 2. The number of aliphatic hydroxyl groups is 2. The lowest BCUT2D eigenvalue weighted by Crippen LogP contribution is -2.02. The number of aryl methyl sites for hydroxylation is 12. The zero-order chi connectivity index (χ0) is 55.5. The monoisotopic (exact) mass is 1000 g/mol. The minimum absolute atomic E-state index is 0.0264. The molecule has 20 heteroatoms. The van der Waals surface area contributed by atoms with Crippen molar-refractivity contribution in [2.45, 2.75) is 200 Å². The van der Waals surface area contributed by atoms with Crippen molar-refractivity contribution in [3.63, 3.8) is 0 Å². The first kappa shape index (κ1) is 64.1. The van der Waals surface area contributed by atoms with Gasteiger partial charge in [-0.2, -0.15) is 5.10 Å². The van der Waals surface area contributed by atoms with Crippen molar-refractivity contribution in [1.82, 2.24) is 80.1 Å². The number of aromatic nitrogens is 16.